The number of hydrogen-bond acceptors (Lipinski definition) is 5. The van der Waals surface area contributed by atoms with Gasteiger partial charge in [0.2, 0.25) is 11.9 Å². The summed E-state index contributed by atoms with van der Waals surface area (Å²) in [7, 11) is 0. The van der Waals surface area contributed by atoms with Crippen molar-refractivity contribution >= 4 is 41.3 Å². The van der Waals surface area contributed by atoms with Crippen LogP contribution >= 0.6 is 11.6 Å². The van der Waals surface area contributed by atoms with E-state index in [1.807, 2.05) is 30.3 Å². The van der Waals surface area contributed by atoms with E-state index >= 15 is 0 Å². The fraction of sp³-hybridized carbons (Fsp3) is 0.360. The van der Waals surface area contributed by atoms with Gasteiger partial charge in [-0.05, 0) is 43.9 Å². The van der Waals surface area contributed by atoms with Crippen LogP contribution in [0.5, 0.6) is 0 Å². The number of anilines is 1. The molecule has 3 amide bonds. The summed E-state index contributed by atoms with van der Waals surface area (Å²) >= 11 is 6.64. The quantitative estimate of drug-likeness (QED) is 0.471. The van der Waals surface area contributed by atoms with Crippen molar-refractivity contribution in [1.29, 1.82) is 0 Å². The topological polar surface area (TPSA) is 141 Å². The van der Waals surface area contributed by atoms with E-state index in [1.54, 1.807) is 32.0 Å². The van der Waals surface area contributed by atoms with Crippen LogP contribution in [0.3, 0.4) is 0 Å². The summed E-state index contributed by atoms with van der Waals surface area (Å²) in [4.78, 5) is 41.9. The first-order valence-corrected chi connectivity index (χ1v) is 11.8. The smallest absolute Gasteiger partial charge is 0.434 e. The Hall–Kier alpha value is -3.63. The largest absolute Gasteiger partial charge is 0.463 e. The van der Waals surface area contributed by atoms with Crippen LogP contribution in [-0.2, 0) is 21.7 Å². The first-order valence-electron chi connectivity index (χ1n) is 11.4. The lowest BCUT2D eigenvalue weighted by Gasteiger charge is -2.50. The summed E-state index contributed by atoms with van der Waals surface area (Å²) in [5.74, 6) is -0.480. The van der Waals surface area contributed by atoms with E-state index in [9.17, 15) is 24.6 Å². The molecule has 0 bridgehead atoms. The van der Waals surface area contributed by atoms with Crippen LogP contribution in [0.15, 0.2) is 53.5 Å². The zero-order valence-corrected chi connectivity index (χ0v) is 20.6. The maximum absolute atomic E-state index is 13.2. The highest BCUT2D eigenvalue weighted by Crippen LogP contribution is 2.41. The Balaban J connectivity index is 1.54. The van der Waals surface area contributed by atoms with E-state index in [4.69, 9.17) is 16.3 Å². The number of halogens is 1. The molecule has 2 aromatic carbocycles. The molecule has 36 heavy (non-hydrogen) atoms. The molecule has 4 N–H and O–H groups in total. The van der Waals surface area contributed by atoms with Gasteiger partial charge >= 0.3 is 12.2 Å². The average molecular weight is 515 g/mol. The van der Waals surface area contributed by atoms with Gasteiger partial charge in [-0.2, -0.15) is 0 Å². The minimum Gasteiger partial charge on any atom is -0.463 e. The first kappa shape index (κ1) is 25.5. The lowest BCUT2D eigenvalue weighted by molar-refractivity contribution is -0.139. The number of nitrogens with one attached hydrogen (secondary N) is 2. The average Bonchev–Trinajstić information content (AvgIpc) is 2.77. The van der Waals surface area contributed by atoms with Crippen LogP contribution < -0.4 is 10.6 Å². The molecule has 1 aliphatic carbocycles. The maximum Gasteiger partial charge on any atom is 0.434 e. The van der Waals surface area contributed by atoms with Crippen molar-refractivity contribution in [3.05, 3.63) is 64.7 Å². The minimum absolute atomic E-state index is 0.0497. The van der Waals surface area contributed by atoms with Crippen molar-refractivity contribution in [2.75, 3.05) is 5.32 Å². The second-order valence-corrected chi connectivity index (χ2v) is 9.91. The minimum atomic E-state index is -1.46. The van der Waals surface area contributed by atoms with Gasteiger partial charge in [-0.15, -0.1) is 4.99 Å². The molecule has 4 rings (SSSR count). The molecule has 0 aromatic heterocycles. The monoisotopic (exact) mass is 514 g/mol. The van der Waals surface area contributed by atoms with Gasteiger partial charge in [-0.1, -0.05) is 54.1 Å². The lowest BCUT2D eigenvalue weighted by atomic mass is 9.75. The molecular weight excluding hydrogens is 488 g/mol. The van der Waals surface area contributed by atoms with Gasteiger partial charge in [0.1, 0.15) is 6.61 Å². The highest BCUT2D eigenvalue weighted by atomic mass is 35.5. The summed E-state index contributed by atoms with van der Waals surface area (Å²) in [5, 5.41) is 25.3. The Morgan fingerprint density at radius 2 is 1.89 bits per heavy atom. The van der Waals surface area contributed by atoms with E-state index in [0.29, 0.717) is 18.4 Å². The maximum atomic E-state index is 13.2. The number of carbonyl (C=O) groups excluding carboxylic acids is 2. The molecular formula is C25H27ClN4O6. The molecule has 2 aromatic rings. The molecule has 1 aliphatic heterocycles. The van der Waals surface area contributed by atoms with Crippen LogP contribution in [0.2, 0.25) is 5.02 Å². The number of amides is 3. The van der Waals surface area contributed by atoms with E-state index in [1.165, 1.54) is 4.90 Å². The third-order valence-corrected chi connectivity index (χ3v) is 6.76. The third kappa shape index (κ3) is 5.44. The molecule has 1 heterocycles. The number of aliphatic imine (C=N–C) groups is 1. The highest BCUT2D eigenvalue weighted by Gasteiger charge is 2.50. The number of carbonyl (C=O) groups is 3. The molecule has 11 heteroatoms. The Kier molecular flexibility index (Phi) is 6.92. The number of carboxylic acid groups (broad SMARTS) is 1. The zero-order valence-electron chi connectivity index (χ0n) is 19.8. The number of benzene rings is 2. The van der Waals surface area contributed by atoms with Crippen molar-refractivity contribution < 1.29 is 29.3 Å². The van der Waals surface area contributed by atoms with Gasteiger partial charge in [0.25, 0.3) is 0 Å². The predicted octanol–water partition coefficient (Wildman–Crippen LogP) is 4.07. The van der Waals surface area contributed by atoms with Crippen LogP contribution in [0, 0.1) is 0 Å². The van der Waals surface area contributed by atoms with E-state index in [0.717, 1.165) is 5.56 Å². The summed E-state index contributed by atoms with van der Waals surface area (Å²) in [6.07, 6.45) is -1.60. The number of aliphatic hydroxyl groups is 1. The standard InChI is InChI=1S/C25H27ClN4O6/c1-24(35)11-16(12-24)30-19(31)13-25(2,29-21(30)28-22(32)33)17-9-6-10-18(20(17)26)27-23(34)36-14-15-7-4-3-5-8-15/h3-10,16,35H,11-14H2,1-2H3,(H,27,34)(H,28,29)(H,32,33)/t16?,24?,25-/m0/s1. The molecule has 190 valence electrons. The normalized spacial score (nSPS) is 26.7. The Bertz CT molecular complexity index is 1210. The van der Waals surface area contributed by atoms with Crippen LogP contribution in [-0.4, -0.2) is 50.8 Å². The highest BCUT2D eigenvalue weighted by molar-refractivity contribution is 6.34. The summed E-state index contributed by atoms with van der Waals surface area (Å²) in [5.41, 5.74) is -0.462. The molecule has 0 spiro atoms. The first-order chi connectivity index (χ1) is 17.0. The second-order valence-electron chi connectivity index (χ2n) is 9.53. The molecule has 2 fully saturated rings. The fourth-order valence-electron chi connectivity index (χ4n) is 4.63. The van der Waals surface area contributed by atoms with Crippen LogP contribution in [0.25, 0.3) is 0 Å². The summed E-state index contributed by atoms with van der Waals surface area (Å²) in [6.45, 7) is 3.44. The van der Waals surface area contributed by atoms with Crippen molar-refractivity contribution in [1.82, 2.24) is 10.2 Å². The zero-order chi connectivity index (χ0) is 26.1. The fourth-order valence-corrected chi connectivity index (χ4v) is 5.01. The molecule has 1 saturated carbocycles. The van der Waals surface area contributed by atoms with Crippen molar-refractivity contribution in [2.45, 2.75) is 56.9 Å². The lowest BCUT2D eigenvalue weighted by Crippen LogP contribution is -2.66. The summed E-state index contributed by atoms with van der Waals surface area (Å²) < 4.78 is 5.26. The molecule has 0 unspecified atom stereocenters. The molecule has 1 atom stereocenters. The third-order valence-electron chi connectivity index (χ3n) is 6.35. The number of guanidine groups is 1. The van der Waals surface area contributed by atoms with Gasteiger partial charge < -0.3 is 20.3 Å². The Morgan fingerprint density at radius 1 is 1.19 bits per heavy atom. The number of rotatable bonds is 5. The number of ether oxygens (including phenoxy) is 1. The van der Waals surface area contributed by atoms with Crippen LogP contribution in [0.1, 0.15) is 44.2 Å². The number of hydrogen-bond donors (Lipinski definition) is 4. The van der Waals surface area contributed by atoms with Gasteiger partial charge in [0, 0.05) is 6.04 Å². The van der Waals surface area contributed by atoms with Gasteiger partial charge in [-0.25, -0.2) is 9.59 Å². The van der Waals surface area contributed by atoms with E-state index < -0.39 is 23.3 Å². The van der Waals surface area contributed by atoms with Crippen molar-refractivity contribution in [3.63, 3.8) is 0 Å². The number of nitrogens with zero attached hydrogens (tertiary/aromatic N) is 2. The SMILES string of the molecule is CC1(O)CC(N2C(=O)C[C@@](C)(c3cccc(NC(=O)OCc4ccccc4)c3Cl)NC2=NC(=O)O)C1. The second kappa shape index (κ2) is 9.79. The van der Waals surface area contributed by atoms with Gasteiger partial charge in [0.15, 0.2) is 0 Å². The predicted molar refractivity (Wildman–Crippen MR) is 133 cm³/mol. The van der Waals surface area contributed by atoms with Gasteiger partial charge in [-0.3, -0.25) is 15.0 Å². The van der Waals surface area contributed by atoms with Crippen molar-refractivity contribution in [3.8, 4) is 0 Å². The Labute approximate surface area is 212 Å². The molecule has 10 nitrogen and oxygen atoms in total. The van der Waals surface area contributed by atoms with E-state index in [-0.39, 0.29) is 41.6 Å². The summed E-state index contributed by atoms with van der Waals surface area (Å²) in [6, 6.07) is 13.8. The molecule has 1 saturated heterocycles. The Morgan fingerprint density at radius 3 is 2.53 bits per heavy atom. The van der Waals surface area contributed by atoms with Crippen molar-refractivity contribution in [2.24, 2.45) is 4.99 Å². The van der Waals surface area contributed by atoms with Gasteiger partial charge in [0.05, 0.1) is 28.3 Å². The molecule has 2 aliphatic rings. The van der Waals surface area contributed by atoms with E-state index in [2.05, 4.69) is 15.6 Å². The van der Waals surface area contributed by atoms with Crippen LogP contribution in [0.4, 0.5) is 15.3 Å². The molecule has 0 radical (unpaired) electrons.